The molecule has 0 aromatic carbocycles. The molecule has 3 heteroatoms. The fourth-order valence-corrected chi connectivity index (χ4v) is 2.95. The molecule has 1 aliphatic heterocycles. The Morgan fingerprint density at radius 2 is 1.94 bits per heavy atom. The van der Waals surface area contributed by atoms with Gasteiger partial charge in [0.25, 0.3) is 0 Å². The summed E-state index contributed by atoms with van der Waals surface area (Å²) < 4.78 is 0. The van der Waals surface area contributed by atoms with Gasteiger partial charge in [0.2, 0.25) is 0 Å². The van der Waals surface area contributed by atoms with Gasteiger partial charge in [-0.2, -0.15) is 0 Å². The Bertz CT molecular complexity index is 228. The number of piperazine rings is 1. The van der Waals surface area contributed by atoms with Gasteiger partial charge in [-0.15, -0.1) is 0 Å². The minimum Gasteiger partial charge on any atom is -0.329 e. The SMILES string of the molecule is CCCC(C)C(CN)N1CCN(C)C(C)(C)C1. The molecule has 102 valence electrons. The van der Waals surface area contributed by atoms with E-state index in [4.69, 9.17) is 5.73 Å². The number of rotatable bonds is 5. The second-order valence-electron chi connectivity index (χ2n) is 6.27. The summed E-state index contributed by atoms with van der Waals surface area (Å²) in [5.41, 5.74) is 6.28. The molecule has 3 nitrogen and oxygen atoms in total. The van der Waals surface area contributed by atoms with Gasteiger partial charge >= 0.3 is 0 Å². The molecule has 2 N–H and O–H groups in total. The van der Waals surface area contributed by atoms with Crippen LogP contribution in [0, 0.1) is 5.92 Å². The number of hydrogen-bond donors (Lipinski definition) is 1. The minimum atomic E-state index is 0.275. The molecule has 17 heavy (non-hydrogen) atoms. The lowest BCUT2D eigenvalue weighted by molar-refractivity contribution is 0.00498. The summed E-state index contributed by atoms with van der Waals surface area (Å²) in [6, 6.07) is 0.558. The summed E-state index contributed by atoms with van der Waals surface area (Å²) in [5.74, 6) is 0.712. The Morgan fingerprint density at radius 3 is 2.41 bits per heavy atom. The molecular formula is C14H31N3. The van der Waals surface area contributed by atoms with Gasteiger partial charge in [0, 0.05) is 37.8 Å². The van der Waals surface area contributed by atoms with Crippen molar-refractivity contribution in [3.8, 4) is 0 Å². The Hall–Kier alpha value is -0.120. The van der Waals surface area contributed by atoms with Crippen molar-refractivity contribution in [1.29, 1.82) is 0 Å². The summed E-state index contributed by atoms with van der Waals surface area (Å²) in [6.45, 7) is 13.5. The van der Waals surface area contributed by atoms with E-state index < -0.39 is 0 Å². The van der Waals surface area contributed by atoms with Crippen molar-refractivity contribution in [3.63, 3.8) is 0 Å². The highest BCUT2D eigenvalue weighted by Crippen LogP contribution is 2.24. The first-order valence-electron chi connectivity index (χ1n) is 7.07. The largest absolute Gasteiger partial charge is 0.329 e. The van der Waals surface area contributed by atoms with Crippen LogP contribution >= 0.6 is 0 Å². The van der Waals surface area contributed by atoms with Crippen LogP contribution in [0.1, 0.15) is 40.5 Å². The summed E-state index contributed by atoms with van der Waals surface area (Å²) in [7, 11) is 2.23. The second-order valence-corrected chi connectivity index (χ2v) is 6.27. The molecule has 1 fully saturated rings. The van der Waals surface area contributed by atoms with Crippen LogP contribution in [-0.2, 0) is 0 Å². The Morgan fingerprint density at radius 1 is 1.29 bits per heavy atom. The first kappa shape index (κ1) is 14.9. The average molecular weight is 241 g/mol. The van der Waals surface area contributed by atoms with Crippen LogP contribution < -0.4 is 5.73 Å². The van der Waals surface area contributed by atoms with Crippen molar-refractivity contribution >= 4 is 0 Å². The van der Waals surface area contributed by atoms with Crippen molar-refractivity contribution in [2.24, 2.45) is 11.7 Å². The molecular weight excluding hydrogens is 210 g/mol. The van der Waals surface area contributed by atoms with Crippen LogP contribution in [0.25, 0.3) is 0 Å². The number of hydrogen-bond acceptors (Lipinski definition) is 3. The Balaban J connectivity index is 2.64. The van der Waals surface area contributed by atoms with Crippen molar-refractivity contribution in [3.05, 3.63) is 0 Å². The van der Waals surface area contributed by atoms with Gasteiger partial charge in [-0.05, 0) is 33.2 Å². The summed E-state index contributed by atoms with van der Waals surface area (Å²) in [6.07, 6.45) is 2.55. The zero-order valence-corrected chi connectivity index (χ0v) is 12.4. The third kappa shape index (κ3) is 3.67. The predicted molar refractivity (Wildman–Crippen MR) is 75.2 cm³/mol. The van der Waals surface area contributed by atoms with Gasteiger partial charge in [0.1, 0.15) is 0 Å². The van der Waals surface area contributed by atoms with Gasteiger partial charge in [-0.25, -0.2) is 0 Å². The normalized spacial score (nSPS) is 25.8. The highest BCUT2D eigenvalue weighted by atomic mass is 15.3. The van der Waals surface area contributed by atoms with Gasteiger partial charge < -0.3 is 5.73 Å². The maximum absolute atomic E-state index is 6.00. The van der Waals surface area contributed by atoms with E-state index >= 15 is 0 Å². The van der Waals surface area contributed by atoms with Gasteiger partial charge in [-0.3, -0.25) is 9.80 Å². The van der Waals surface area contributed by atoms with E-state index in [0.29, 0.717) is 12.0 Å². The quantitative estimate of drug-likeness (QED) is 0.796. The molecule has 0 bridgehead atoms. The molecule has 1 aliphatic rings. The third-order valence-electron chi connectivity index (χ3n) is 4.46. The highest BCUT2D eigenvalue weighted by molar-refractivity contribution is 4.92. The van der Waals surface area contributed by atoms with E-state index in [1.165, 1.54) is 12.8 Å². The lowest BCUT2D eigenvalue weighted by Crippen LogP contribution is -2.61. The summed E-state index contributed by atoms with van der Waals surface area (Å²) >= 11 is 0. The van der Waals surface area contributed by atoms with E-state index in [0.717, 1.165) is 26.2 Å². The van der Waals surface area contributed by atoms with Crippen LogP contribution in [0.15, 0.2) is 0 Å². The number of nitrogens with zero attached hydrogens (tertiary/aromatic N) is 2. The molecule has 0 aromatic rings. The van der Waals surface area contributed by atoms with Gasteiger partial charge in [0.05, 0.1) is 0 Å². The maximum Gasteiger partial charge on any atom is 0.0277 e. The zero-order valence-electron chi connectivity index (χ0n) is 12.4. The fourth-order valence-electron chi connectivity index (χ4n) is 2.95. The van der Waals surface area contributed by atoms with E-state index in [-0.39, 0.29) is 5.54 Å². The molecule has 0 aliphatic carbocycles. The third-order valence-corrected chi connectivity index (χ3v) is 4.46. The molecule has 1 heterocycles. The smallest absolute Gasteiger partial charge is 0.0277 e. The van der Waals surface area contributed by atoms with Crippen LogP contribution in [0.3, 0.4) is 0 Å². The molecule has 0 radical (unpaired) electrons. The summed E-state index contributed by atoms with van der Waals surface area (Å²) in [5, 5.41) is 0. The molecule has 2 atom stereocenters. The molecule has 2 unspecified atom stereocenters. The molecule has 0 spiro atoms. The second kappa shape index (κ2) is 6.17. The molecule has 0 aromatic heterocycles. The van der Waals surface area contributed by atoms with Crippen LogP contribution in [0.4, 0.5) is 0 Å². The minimum absolute atomic E-state index is 0.275. The van der Waals surface area contributed by atoms with Crippen LogP contribution in [0.5, 0.6) is 0 Å². The standard InChI is InChI=1S/C14H31N3/c1-6-7-12(2)13(10-15)17-9-8-16(5)14(3,4)11-17/h12-13H,6-11,15H2,1-5H3. The first-order valence-corrected chi connectivity index (χ1v) is 7.07. The van der Waals surface area contributed by atoms with Gasteiger partial charge in [-0.1, -0.05) is 20.3 Å². The van der Waals surface area contributed by atoms with Crippen molar-refractivity contribution < 1.29 is 0 Å². The van der Waals surface area contributed by atoms with Crippen molar-refractivity contribution in [2.45, 2.75) is 52.1 Å². The molecule has 0 amide bonds. The van der Waals surface area contributed by atoms with Gasteiger partial charge in [0.15, 0.2) is 0 Å². The van der Waals surface area contributed by atoms with Crippen LogP contribution in [0.2, 0.25) is 0 Å². The van der Waals surface area contributed by atoms with Crippen LogP contribution in [-0.4, -0.2) is 54.6 Å². The summed E-state index contributed by atoms with van der Waals surface area (Å²) in [4.78, 5) is 5.07. The fraction of sp³-hybridized carbons (Fsp3) is 1.00. The molecule has 0 saturated carbocycles. The van der Waals surface area contributed by atoms with E-state index in [1.54, 1.807) is 0 Å². The maximum atomic E-state index is 6.00. The Kier molecular flexibility index (Phi) is 5.42. The topological polar surface area (TPSA) is 32.5 Å². The van der Waals surface area contributed by atoms with Crippen molar-refractivity contribution in [2.75, 3.05) is 33.2 Å². The Labute approximate surface area is 107 Å². The van der Waals surface area contributed by atoms with E-state index in [1.807, 2.05) is 0 Å². The molecule has 1 saturated heterocycles. The predicted octanol–water partition coefficient (Wildman–Crippen LogP) is 1.78. The van der Waals surface area contributed by atoms with Crippen molar-refractivity contribution in [1.82, 2.24) is 9.80 Å². The molecule has 1 rings (SSSR count). The average Bonchev–Trinajstić information content (AvgIpc) is 2.24. The monoisotopic (exact) mass is 241 g/mol. The van der Waals surface area contributed by atoms with E-state index in [2.05, 4.69) is 44.5 Å². The zero-order chi connectivity index (χ0) is 13.1. The first-order chi connectivity index (χ1) is 7.92. The number of likely N-dealkylation sites (N-methyl/N-ethyl adjacent to an activating group) is 1. The lowest BCUT2D eigenvalue weighted by atomic mass is 9.91. The highest BCUT2D eigenvalue weighted by Gasteiger charge is 2.35. The number of nitrogens with two attached hydrogens (primary N) is 1. The van der Waals surface area contributed by atoms with E-state index in [9.17, 15) is 0 Å². The lowest BCUT2D eigenvalue weighted by Gasteiger charge is -2.49.